The van der Waals surface area contributed by atoms with Crippen LogP contribution in [0, 0.1) is 5.41 Å². The van der Waals surface area contributed by atoms with Crippen LogP contribution in [0.3, 0.4) is 0 Å². The van der Waals surface area contributed by atoms with E-state index in [0.29, 0.717) is 37.5 Å². The number of hydrogen-bond donors (Lipinski definition) is 1. The topological polar surface area (TPSA) is 90.5 Å². The van der Waals surface area contributed by atoms with Crippen molar-refractivity contribution in [1.82, 2.24) is 14.7 Å². The van der Waals surface area contributed by atoms with Crippen LogP contribution in [0.4, 0.5) is 5.82 Å². The number of amides is 1. The molecule has 24 heavy (non-hydrogen) atoms. The summed E-state index contributed by atoms with van der Waals surface area (Å²) in [4.78, 5) is 26.0. The SMILES string of the molecule is CCOC(=O)c1cnn(C2CCN(C(=O)CC(C)(C)C)CC2)c1N. The lowest BCUT2D eigenvalue weighted by Gasteiger charge is -2.34. The summed E-state index contributed by atoms with van der Waals surface area (Å²) in [5, 5.41) is 4.26. The third-order valence-electron chi connectivity index (χ3n) is 4.17. The number of anilines is 1. The van der Waals surface area contributed by atoms with E-state index in [2.05, 4.69) is 25.9 Å². The minimum absolute atomic E-state index is 0.00508. The average Bonchev–Trinajstić information content (AvgIpc) is 2.87. The van der Waals surface area contributed by atoms with Gasteiger partial charge < -0.3 is 15.4 Å². The van der Waals surface area contributed by atoms with Gasteiger partial charge in [0.05, 0.1) is 18.8 Å². The molecule has 1 aliphatic heterocycles. The highest BCUT2D eigenvalue weighted by atomic mass is 16.5. The van der Waals surface area contributed by atoms with Crippen LogP contribution >= 0.6 is 0 Å². The fourth-order valence-electron chi connectivity index (χ4n) is 2.95. The largest absolute Gasteiger partial charge is 0.462 e. The first-order chi connectivity index (χ1) is 11.2. The van der Waals surface area contributed by atoms with E-state index in [-0.39, 0.29) is 17.4 Å². The van der Waals surface area contributed by atoms with Crippen LogP contribution in [-0.4, -0.2) is 46.3 Å². The van der Waals surface area contributed by atoms with Crippen molar-refractivity contribution in [3.8, 4) is 0 Å². The van der Waals surface area contributed by atoms with Gasteiger partial charge in [0.25, 0.3) is 0 Å². The van der Waals surface area contributed by atoms with Crippen molar-refractivity contribution < 1.29 is 14.3 Å². The number of rotatable bonds is 4. The van der Waals surface area contributed by atoms with Gasteiger partial charge in [0.15, 0.2) is 0 Å². The Kier molecular flexibility index (Phi) is 5.51. The lowest BCUT2D eigenvalue weighted by molar-refractivity contribution is -0.134. The highest BCUT2D eigenvalue weighted by Gasteiger charge is 2.28. The molecule has 7 heteroatoms. The van der Waals surface area contributed by atoms with Crippen molar-refractivity contribution in [2.24, 2.45) is 5.41 Å². The molecule has 1 aromatic rings. The molecule has 7 nitrogen and oxygen atoms in total. The van der Waals surface area contributed by atoms with Crippen LogP contribution in [0.25, 0.3) is 0 Å². The van der Waals surface area contributed by atoms with Gasteiger partial charge in [-0.15, -0.1) is 0 Å². The molecule has 0 spiro atoms. The van der Waals surface area contributed by atoms with Crippen molar-refractivity contribution >= 4 is 17.7 Å². The third kappa shape index (κ3) is 4.27. The molecule has 2 heterocycles. The molecule has 0 atom stereocenters. The fraction of sp³-hybridized carbons (Fsp3) is 0.706. The molecule has 0 radical (unpaired) electrons. The second-order valence-corrected chi connectivity index (χ2v) is 7.46. The van der Waals surface area contributed by atoms with Crippen molar-refractivity contribution in [2.45, 2.75) is 53.0 Å². The molecule has 1 aliphatic rings. The van der Waals surface area contributed by atoms with Crippen LogP contribution in [0.15, 0.2) is 6.20 Å². The van der Waals surface area contributed by atoms with E-state index in [4.69, 9.17) is 10.5 Å². The number of nitrogens with zero attached hydrogens (tertiary/aromatic N) is 3. The number of carbonyl (C=O) groups is 2. The summed E-state index contributed by atoms with van der Waals surface area (Å²) in [6.07, 6.45) is 3.58. The summed E-state index contributed by atoms with van der Waals surface area (Å²) in [5.74, 6) is 0.0913. The van der Waals surface area contributed by atoms with Gasteiger partial charge in [0.2, 0.25) is 5.91 Å². The predicted octanol–water partition coefficient (Wildman–Crippen LogP) is 2.24. The number of aromatic nitrogens is 2. The Hall–Kier alpha value is -2.05. The first-order valence-electron chi connectivity index (χ1n) is 8.51. The normalized spacial score (nSPS) is 16.2. The van der Waals surface area contributed by atoms with E-state index in [0.717, 1.165) is 12.8 Å². The number of ether oxygens (including phenoxy) is 1. The Morgan fingerprint density at radius 1 is 1.33 bits per heavy atom. The van der Waals surface area contributed by atoms with Crippen LogP contribution in [0.1, 0.15) is 63.4 Å². The van der Waals surface area contributed by atoms with Crippen molar-refractivity contribution in [3.05, 3.63) is 11.8 Å². The Balaban J connectivity index is 1.98. The first kappa shape index (κ1) is 18.3. The van der Waals surface area contributed by atoms with E-state index in [1.165, 1.54) is 6.20 Å². The number of esters is 1. The molecule has 1 saturated heterocycles. The van der Waals surface area contributed by atoms with Crippen LogP contribution < -0.4 is 5.73 Å². The van der Waals surface area contributed by atoms with E-state index >= 15 is 0 Å². The highest BCUT2D eigenvalue weighted by molar-refractivity contribution is 5.94. The van der Waals surface area contributed by atoms with Gasteiger partial charge in [-0.1, -0.05) is 20.8 Å². The number of nitrogens with two attached hydrogens (primary N) is 1. The summed E-state index contributed by atoms with van der Waals surface area (Å²) < 4.78 is 6.67. The highest BCUT2D eigenvalue weighted by Crippen LogP contribution is 2.28. The number of hydrogen-bond acceptors (Lipinski definition) is 5. The number of nitrogen functional groups attached to an aromatic ring is 1. The van der Waals surface area contributed by atoms with Crippen LogP contribution in [0.2, 0.25) is 0 Å². The zero-order valence-corrected chi connectivity index (χ0v) is 15.0. The monoisotopic (exact) mass is 336 g/mol. The van der Waals surface area contributed by atoms with E-state index in [1.54, 1.807) is 11.6 Å². The van der Waals surface area contributed by atoms with Crippen LogP contribution in [-0.2, 0) is 9.53 Å². The molecule has 0 aromatic carbocycles. The Morgan fingerprint density at radius 3 is 2.50 bits per heavy atom. The average molecular weight is 336 g/mol. The molecule has 0 aliphatic carbocycles. The molecular formula is C17H28N4O3. The van der Waals surface area contributed by atoms with Crippen molar-refractivity contribution in [3.63, 3.8) is 0 Å². The van der Waals surface area contributed by atoms with Crippen LogP contribution in [0.5, 0.6) is 0 Å². The number of carbonyl (C=O) groups excluding carboxylic acids is 2. The van der Waals surface area contributed by atoms with Gasteiger partial charge in [0.1, 0.15) is 11.4 Å². The molecular weight excluding hydrogens is 308 g/mol. The zero-order chi connectivity index (χ0) is 17.9. The molecule has 2 rings (SSSR count). The zero-order valence-electron chi connectivity index (χ0n) is 15.0. The van der Waals surface area contributed by atoms with Crippen molar-refractivity contribution in [1.29, 1.82) is 0 Å². The maximum Gasteiger partial charge on any atom is 0.343 e. The summed E-state index contributed by atoms with van der Waals surface area (Å²) in [7, 11) is 0. The summed E-state index contributed by atoms with van der Waals surface area (Å²) in [6, 6.07) is 0.104. The van der Waals surface area contributed by atoms with Gasteiger partial charge in [-0.25, -0.2) is 9.48 Å². The standard InChI is InChI=1S/C17H28N4O3/c1-5-24-16(23)13-11-19-21(15(13)18)12-6-8-20(9-7-12)14(22)10-17(2,3)4/h11-12H,5-10,18H2,1-4H3. The molecule has 1 fully saturated rings. The van der Waals surface area contributed by atoms with Gasteiger partial charge in [-0.3, -0.25) is 4.79 Å². The fourth-order valence-corrected chi connectivity index (χ4v) is 2.95. The minimum atomic E-state index is -0.445. The second-order valence-electron chi connectivity index (χ2n) is 7.46. The predicted molar refractivity (Wildman–Crippen MR) is 91.5 cm³/mol. The van der Waals surface area contributed by atoms with Gasteiger partial charge in [-0.2, -0.15) is 5.10 Å². The molecule has 134 valence electrons. The van der Waals surface area contributed by atoms with Gasteiger partial charge in [0, 0.05) is 19.5 Å². The molecule has 0 bridgehead atoms. The number of piperidine rings is 1. The van der Waals surface area contributed by atoms with E-state index in [9.17, 15) is 9.59 Å². The van der Waals surface area contributed by atoms with Crippen molar-refractivity contribution in [2.75, 3.05) is 25.4 Å². The lowest BCUT2D eigenvalue weighted by Crippen LogP contribution is -2.40. The molecule has 2 N–H and O–H groups in total. The van der Waals surface area contributed by atoms with Gasteiger partial charge in [-0.05, 0) is 25.2 Å². The molecule has 1 amide bonds. The van der Waals surface area contributed by atoms with E-state index in [1.807, 2.05) is 4.90 Å². The second kappa shape index (κ2) is 7.23. The Morgan fingerprint density at radius 2 is 1.96 bits per heavy atom. The number of likely N-dealkylation sites (tertiary alicyclic amines) is 1. The Bertz CT molecular complexity index is 595. The molecule has 0 unspecified atom stereocenters. The lowest BCUT2D eigenvalue weighted by atomic mass is 9.91. The molecule has 1 aromatic heterocycles. The quantitative estimate of drug-likeness (QED) is 0.852. The smallest absolute Gasteiger partial charge is 0.343 e. The minimum Gasteiger partial charge on any atom is -0.462 e. The summed E-state index contributed by atoms with van der Waals surface area (Å²) in [5.41, 5.74) is 6.37. The maximum absolute atomic E-state index is 12.3. The van der Waals surface area contributed by atoms with E-state index < -0.39 is 5.97 Å². The summed E-state index contributed by atoms with van der Waals surface area (Å²) >= 11 is 0. The third-order valence-corrected chi connectivity index (χ3v) is 4.17. The summed E-state index contributed by atoms with van der Waals surface area (Å²) in [6.45, 7) is 9.64. The maximum atomic E-state index is 12.3. The molecule has 0 saturated carbocycles. The Labute approximate surface area is 143 Å². The first-order valence-corrected chi connectivity index (χ1v) is 8.51. The van der Waals surface area contributed by atoms with Gasteiger partial charge >= 0.3 is 5.97 Å².